The van der Waals surface area contributed by atoms with Crippen LogP contribution in [-0.4, -0.2) is 81.8 Å². The largest absolute Gasteiger partial charge is 0.388 e. The number of hydrogen-bond donors (Lipinski definition) is 1. The summed E-state index contributed by atoms with van der Waals surface area (Å²) in [6, 6.07) is 20.3. The third-order valence-electron chi connectivity index (χ3n) is 8.91. The van der Waals surface area contributed by atoms with Crippen molar-refractivity contribution in [2.45, 2.75) is 37.7 Å². The van der Waals surface area contributed by atoms with Gasteiger partial charge in [-0.25, -0.2) is 4.99 Å². The molecular formula is C32H38ClN5O2. The summed E-state index contributed by atoms with van der Waals surface area (Å²) in [7, 11) is 0. The van der Waals surface area contributed by atoms with E-state index in [0.29, 0.717) is 44.2 Å². The topological polar surface area (TPSA) is 64.3 Å². The maximum atomic E-state index is 13.8. The second-order valence-electron chi connectivity index (χ2n) is 11.5. The van der Waals surface area contributed by atoms with Crippen LogP contribution in [0.25, 0.3) is 11.9 Å². The number of likely N-dealkylation sites (tertiary alicyclic amines) is 2. The Morgan fingerprint density at radius 2 is 1.80 bits per heavy atom. The summed E-state index contributed by atoms with van der Waals surface area (Å²) in [4.78, 5) is 25.2. The van der Waals surface area contributed by atoms with E-state index in [1.54, 1.807) is 0 Å². The van der Waals surface area contributed by atoms with Gasteiger partial charge in [-0.15, -0.1) is 0 Å². The molecule has 0 radical (unpaired) electrons. The molecule has 210 valence electrons. The van der Waals surface area contributed by atoms with Crippen LogP contribution in [0.2, 0.25) is 5.02 Å². The van der Waals surface area contributed by atoms with Crippen LogP contribution in [-0.2, 0) is 4.79 Å². The third-order valence-corrected chi connectivity index (χ3v) is 9.16. The van der Waals surface area contributed by atoms with Crippen LogP contribution in [0.3, 0.4) is 0 Å². The Morgan fingerprint density at radius 3 is 2.52 bits per heavy atom. The summed E-state index contributed by atoms with van der Waals surface area (Å²) in [5, 5.41) is 13.3. The van der Waals surface area contributed by atoms with Gasteiger partial charge in [-0.05, 0) is 68.2 Å². The number of rotatable bonds is 6. The molecule has 0 saturated carbocycles. The minimum absolute atomic E-state index is 0.00582. The van der Waals surface area contributed by atoms with Gasteiger partial charge in [0, 0.05) is 66.3 Å². The van der Waals surface area contributed by atoms with E-state index in [2.05, 4.69) is 57.8 Å². The van der Waals surface area contributed by atoms with Gasteiger partial charge in [-0.3, -0.25) is 4.79 Å². The van der Waals surface area contributed by atoms with Crippen molar-refractivity contribution in [3.8, 4) is 5.69 Å². The lowest BCUT2D eigenvalue weighted by molar-refractivity contribution is -0.142. The molecule has 2 fully saturated rings. The Balaban J connectivity index is 1.10. The summed E-state index contributed by atoms with van der Waals surface area (Å²) in [6.07, 6.45) is 6.15. The number of β-amino-alcohol motifs (C(OH)–C–C–N with tert-alkyl or cyclic N) is 1. The van der Waals surface area contributed by atoms with Gasteiger partial charge in [0.25, 0.3) is 0 Å². The van der Waals surface area contributed by atoms with Gasteiger partial charge in [0.2, 0.25) is 5.91 Å². The van der Waals surface area contributed by atoms with Crippen molar-refractivity contribution in [2.24, 2.45) is 10.9 Å². The molecule has 2 atom stereocenters. The van der Waals surface area contributed by atoms with Crippen molar-refractivity contribution < 1.29 is 9.90 Å². The second kappa shape index (κ2) is 11.4. The highest BCUT2D eigenvalue weighted by Crippen LogP contribution is 2.35. The molecule has 4 heterocycles. The number of piperidine rings is 2. The van der Waals surface area contributed by atoms with E-state index in [1.165, 1.54) is 5.56 Å². The predicted molar refractivity (Wildman–Crippen MR) is 158 cm³/mol. The molecule has 0 spiro atoms. The molecule has 7 nitrogen and oxygen atoms in total. The standard InChI is InChI=1S/C32H38ClN5O2/c1-2-35-16-13-28(29(21-35)24-6-4-3-5-7-24)31(39)37-18-14-32(40,15-19-37)22-36-20-25-12-17-38(30(25)34-23-36)27-10-8-26(33)9-11-27/h3-12,17,20,28-29,40H,2,13-16,18-19,21-23H2,1H3/t28-,29+/m1/s1. The lowest BCUT2D eigenvalue weighted by Gasteiger charge is -2.44. The Labute approximate surface area is 241 Å². The van der Waals surface area contributed by atoms with Crippen molar-refractivity contribution in [1.29, 1.82) is 0 Å². The molecule has 0 aliphatic carbocycles. The summed E-state index contributed by atoms with van der Waals surface area (Å²) in [5.74, 6) is 0.454. The molecule has 40 heavy (non-hydrogen) atoms. The minimum Gasteiger partial charge on any atom is -0.388 e. The highest BCUT2D eigenvalue weighted by Gasteiger charge is 2.40. The number of amides is 1. The molecular weight excluding hydrogens is 522 g/mol. The molecule has 0 bridgehead atoms. The first-order valence-corrected chi connectivity index (χ1v) is 14.8. The highest BCUT2D eigenvalue weighted by molar-refractivity contribution is 6.30. The molecule has 1 aromatic heterocycles. The van der Waals surface area contributed by atoms with Crippen LogP contribution in [0.5, 0.6) is 0 Å². The zero-order valence-corrected chi connectivity index (χ0v) is 23.9. The fourth-order valence-electron chi connectivity index (χ4n) is 6.56. The normalized spacial score (nSPS) is 22.8. The zero-order valence-electron chi connectivity index (χ0n) is 23.1. The zero-order chi connectivity index (χ0) is 27.7. The number of halogens is 1. The maximum Gasteiger partial charge on any atom is 0.226 e. The van der Waals surface area contributed by atoms with Crippen LogP contribution in [0.1, 0.15) is 37.7 Å². The predicted octanol–water partition coefficient (Wildman–Crippen LogP) is 3.24. The molecule has 1 amide bonds. The van der Waals surface area contributed by atoms with Crippen molar-refractivity contribution in [1.82, 2.24) is 19.3 Å². The molecule has 1 N–H and O–H groups in total. The fourth-order valence-corrected chi connectivity index (χ4v) is 6.69. The SMILES string of the molecule is CCN1CC[C@@H](C(=O)N2CCC(O)(CN3C=c4ccn(-c5ccc(Cl)cc5)c4=NC3)CC2)[C@H](c2ccccc2)C1. The molecule has 2 aromatic carbocycles. The van der Waals surface area contributed by atoms with Gasteiger partial charge in [0.05, 0.1) is 5.60 Å². The van der Waals surface area contributed by atoms with E-state index in [4.69, 9.17) is 16.6 Å². The number of hydrogen-bond acceptors (Lipinski definition) is 5. The first-order valence-electron chi connectivity index (χ1n) is 14.4. The van der Waals surface area contributed by atoms with E-state index in [0.717, 1.165) is 42.4 Å². The van der Waals surface area contributed by atoms with Crippen molar-refractivity contribution in [3.63, 3.8) is 0 Å². The lowest BCUT2D eigenvalue weighted by atomic mass is 9.79. The average Bonchev–Trinajstić information content (AvgIpc) is 3.41. The van der Waals surface area contributed by atoms with Crippen LogP contribution in [0, 0.1) is 5.92 Å². The van der Waals surface area contributed by atoms with Crippen LogP contribution < -0.4 is 10.7 Å². The number of carbonyl (C=O) groups excluding carboxylic acids is 1. The first-order chi connectivity index (χ1) is 19.4. The first kappa shape index (κ1) is 27.1. The van der Waals surface area contributed by atoms with Gasteiger partial charge < -0.3 is 24.4 Å². The smallest absolute Gasteiger partial charge is 0.226 e. The number of likely N-dealkylation sites (N-methyl/N-ethyl adjacent to an activating group) is 1. The molecule has 3 aromatic rings. The average molecular weight is 560 g/mol. The van der Waals surface area contributed by atoms with Crippen LogP contribution in [0.15, 0.2) is 71.9 Å². The van der Waals surface area contributed by atoms with Crippen molar-refractivity contribution >= 4 is 23.7 Å². The van der Waals surface area contributed by atoms with E-state index >= 15 is 0 Å². The number of benzene rings is 2. The van der Waals surface area contributed by atoms with Gasteiger partial charge >= 0.3 is 0 Å². The number of nitrogens with zero attached hydrogens (tertiary/aromatic N) is 5. The van der Waals surface area contributed by atoms with E-state index in [9.17, 15) is 9.90 Å². The summed E-state index contributed by atoms with van der Waals surface area (Å²) in [6.45, 7) is 7.26. The molecule has 2 saturated heterocycles. The Kier molecular flexibility index (Phi) is 7.71. The third kappa shape index (κ3) is 5.55. The monoisotopic (exact) mass is 559 g/mol. The summed E-state index contributed by atoms with van der Waals surface area (Å²) < 4.78 is 2.06. The summed E-state index contributed by atoms with van der Waals surface area (Å²) >= 11 is 6.06. The Morgan fingerprint density at radius 1 is 1.05 bits per heavy atom. The van der Waals surface area contributed by atoms with Crippen molar-refractivity contribution in [3.05, 3.63) is 88.2 Å². The number of aromatic nitrogens is 1. The molecule has 0 unspecified atom stereocenters. The Bertz CT molecular complexity index is 1450. The summed E-state index contributed by atoms with van der Waals surface area (Å²) in [5.41, 5.74) is 2.33. The Hall–Kier alpha value is -3.13. The van der Waals surface area contributed by atoms with Crippen LogP contribution in [0.4, 0.5) is 0 Å². The lowest BCUT2D eigenvalue weighted by Crippen LogP contribution is -2.54. The van der Waals surface area contributed by atoms with Gasteiger partial charge in [0.15, 0.2) is 0 Å². The number of carbonyl (C=O) groups is 1. The molecule has 3 aliphatic rings. The van der Waals surface area contributed by atoms with Crippen molar-refractivity contribution in [2.75, 3.05) is 45.9 Å². The van der Waals surface area contributed by atoms with Gasteiger partial charge in [-0.1, -0.05) is 48.9 Å². The number of aliphatic hydroxyl groups is 1. The fraction of sp³-hybridized carbons (Fsp3) is 0.438. The van der Waals surface area contributed by atoms with E-state index in [1.807, 2.05) is 41.4 Å². The minimum atomic E-state index is -0.844. The van der Waals surface area contributed by atoms with E-state index < -0.39 is 5.60 Å². The maximum absolute atomic E-state index is 13.8. The van der Waals surface area contributed by atoms with Gasteiger partial charge in [0.1, 0.15) is 12.2 Å². The molecule has 6 rings (SSSR count). The highest BCUT2D eigenvalue weighted by atomic mass is 35.5. The molecule has 8 heteroatoms. The second-order valence-corrected chi connectivity index (χ2v) is 11.9. The quantitative estimate of drug-likeness (QED) is 0.504. The van der Waals surface area contributed by atoms with Gasteiger partial charge in [-0.2, -0.15) is 0 Å². The van der Waals surface area contributed by atoms with E-state index in [-0.39, 0.29) is 17.7 Å². The molecule has 3 aliphatic heterocycles. The number of fused-ring (bicyclic) bond motifs is 1. The van der Waals surface area contributed by atoms with Crippen LogP contribution >= 0.6 is 11.6 Å².